The average Bonchev–Trinajstić information content (AvgIpc) is 3.05. The van der Waals surface area contributed by atoms with Gasteiger partial charge in [0.1, 0.15) is 10.7 Å². The zero-order valence-corrected chi connectivity index (χ0v) is 12.1. The van der Waals surface area contributed by atoms with E-state index < -0.39 is 21.4 Å². The van der Waals surface area contributed by atoms with Crippen molar-refractivity contribution in [1.29, 1.82) is 0 Å². The van der Waals surface area contributed by atoms with Gasteiger partial charge in [-0.05, 0) is 57.2 Å². The Bertz CT molecular complexity index is 607. The lowest BCUT2D eigenvalue weighted by atomic mass is 10.0. The number of rotatable bonds is 4. The summed E-state index contributed by atoms with van der Waals surface area (Å²) in [6.07, 6.45) is 1.99. The van der Waals surface area contributed by atoms with Gasteiger partial charge < -0.3 is 5.73 Å². The van der Waals surface area contributed by atoms with Crippen LogP contribution in [0.2, 0.25) is 0 Å². The molecule has 0 bridgehead atoms. The Kier molecular flexibility index (Phi) is 3.35. The molecule has 1 aliphatic carbocycles. The lowest BCUT2D eigenvalue weighted by Crippen LogP contribution is -2.45. The molecule has 0 unspecified atom stereocenters. The quantitative estimate of drug-likeness (QED) is 0.833. The number of nitrogens with one attached hydrogen (secondary N) is 1. The standard InChI is InChI=1S/C13H19FN2O2S/c1-8-6-10(15)7-11(12(8)14)19(17,18)16-13(2,3)9-4-5-9/h6-7,9,16H,4-5,15H2,1-3H3. The molecule has 1 fully saturated rings. The van der Waals surface area contributed by atoms with Crippen LogP contribution in [0.3, 0.4) is 0 Å². The predicted molar refractivity (Wildman–Crippen MR) is 72.7 cm³/mol. The highest BCUT2D eigenvalue weighted by Gasteiger charge is 2.41. The maximum Gasteiger partial charge on any atom is 0.244 e. The van der Waals surface area contributed by atoms with Gasteiger partial charge in [-0.1, -0.05) is 0 Å². The van der Waals surface area contributed by atoms with E-state index in [1.54, 1.807) is 0 Å². The van der Waals surface area contributed by atoms with Crippen molar-refractivity contribution in [2.24, 2.45) is 5.92 Å². The maximum absolute atomic E-state index is 14.0. The van der Waals surface area contributed by atoms with E-state index in [0.717, 1.165) is 18.9 Å². The zero-order chi connectivity index (χ0) is 14.4. The summed E-state index contributed by atoms with van der Waals surface area (Å²) in [5.41, 5.74) is 5.50. The topological polar surface area (TPSA) is 72.2 Å². The van der Waals surface area contributed by atoms with E-state index in [9.17, 15) is 12.8 Å². The van der Waals surface area contributed by atoms with Crippen molar-refractivity contribution in [3.63, 3.8) is 0 Å². The van der Waals surface area contributed by atoms with Crippen molar-refractivity contribution in [3.05, 3.63) is 23.5 Å². The summed E-state index contributed by atoms with van der Waals surface area (Å²) in [6.45, 7) is 5.13. The molecule has 0 aromatic heterocycles. The first-order valence-electron chi connectivity index (χ1n) is 6.23. The summed E-state index contributed by atoms with van der Waals surface area (Å²) < 4.78 is 41.2. The van der Waals surface area contributed by atoms with Crippen molar-refractivity contribution >= 4 is 15.7 Å². The number of hydrogen-bond donors (Lipinski definition) is 2. The van der Waals surface area contributed by atoms with E-state index in [1.807, 2.05) is 13.8 Å². The van der Waals surface area contributed by atoms with E-state index in [-0.39, 0.29) is 16.1 Å². The maximum atomic E-state index is 14.0. The minimum Gasteiger partial charge on any atom is -0.399 e. The number of benzene rings is 1. The summed E-state index contributed by atoms with van der Waals surface area (Å²) in [5, 5.41) is 0. The van der Waals surface area contributed by atoms with Crippen LogP contribution in [0.25, 0.3) is 0 Å². The fraction of sp³-hybridized carbons (Fsp3) is 0.538. The SMILES string of the molecule is Cc1cc(N)cc(S(=O)(=O)NC(C)(C)C2CC2)c1F. The van der Waals surface area contributed by atoms with Gasteiger partial charge in [-0.25, -0.2) is 17.5 Å². The molecule has 0 radical (unpaired) electrons. The molecule has 0 saturated heterocycles. The first-order valence-corrected chi connectivity index (χ1v) is 7.71. The van der Waals surface area contributed by atoms with Gasteiger partial charge in [0.2, 0.25) is 10.0 Å². The second kappa shape index (κ2) is 4.45. The van der Waals surface area contributed by atoms with Crippen molar-refractivity contribution in [2.75, 3.05) is 5.73 Å². The number of nitrogen functional groups attached to an aromatic ring is 1. The number of sulfonamides is 1. The molecule has 0 amide bonds. The minimum absolute atomic E-state index is 0.226. The lowest BCUT2D eigenvalue weighted by molar-refractivity contribution is 0.399. The normalized spacial score (nSPS) is 16.6. The van der Waals surface area contributed by atoms with E-state index >= 15 is 0 Å². The summed E-state index contributed by atoms with van der Waals surface area (Å²) in [4.78, 5) is -0.376. The molecule has 1 aromatic rings. The number of anilines is 1. The number of hydrogen-bond acceptors (Lipinski definition) is 3. The van der Waals surface area contributed by atoms with Crippen LogP contribution in [-0.2, 0) is 10.0 Å². The van der Waals surface area contributed by atoms with Crippen LogP contribution in [0, 0.1) is 18.7 Å². The molecule has 19 heavy (non-hydrogen) atoms. The smallest absolute Gasteiger partial charge is 0.244 e. The second-order valence-electron chi connectivity index (χ2n) is 5.75. The van der Waals surface area contributed by atoms with Gasteiger partial charge in [0.25, 0.3) is 0 Å². The first kappa shape index (κ1) is 14.3. The van der Waals surface area contributed by atoms with Crippen LogP contribution in [0.5, 0.6) is 0 Å². The monoisotopic (exact) mass is 286 g/mol. The first-order chi connectivity index (χ1) is 8.63. The molecule has 1 saturated carbocycles. The van der Waals surface area contributed by atoms with Crippen molar-refractivity contribution in [2.45, 2.75) is 44.0 Å². The Morgan fingerprint density at radius 3 is 2.47 bits per heavy atom. The summed E-state index contributed by atoms with van der Waals surface area (Å²) in [6, 6.07) is 2.58. The lowest BCUT2D eigenvalue weighted by Gasteiger charge is -2.26. The molecule has 4 nitrogen and oxygen atoms in total. The van der Waals surface area contributed by atoms with Gasteiger partial charge >= 0.3 is 0 Å². The highest BCUT2D eigenvalue weighted by molar-refractivity contribution is 7.89. The largest absolute Gasteiger partial charge is 0.399 e. The fourth-order valence-electron chi connectivity index (χ4n) is 2.25. The van der Waals surface area contributed by atoms with Crippen LogP contribution in [0.15, 0.2) is 17.0 Å². The van der Waals surface area contributed by atoms with Crippen LogP contribution in [-0.4, -0.2) is 14.0 Å². The molecule has 0 aliphatic heterocycles. The van der Waals surface area contributed by atoms with Gasteiger partial charge in [-0.2, -0.15) is 0 Å². The predicted octanol–water partition coefficient (Wildman–Crippen LogP) is 2.18. The molecule has 1 aromatic carbocycles. The molecular formula is C13H19FN2O2S. The Morgan fingerprint density at radius 2 is 1.95 bits per heavy atom. The molecule has 0 spiro atoms. The number of aryl methyl sites for hydroxylation is 1. The molecule has 1 aliphatic rings. The van der Waals surface area contributed by atoms with Crippen molar-refractivity contribution < 1.29 is 12.8 Å². The Morgan fingerprint density at radius 1 is 1.37 bits per heavy atom. The number of nitrogens with two attached hydrogens (primary N) is 1. The Labute approximate surface area is 113 Å². The molecule has 3 N–H and O–H groups in total. The van der Waals surface area contributed by atoms with Crippen LogP contribution < -0.4 is 10.5 Å². The van der Waals surface area contributed by atoms with E-state index in [0.29, 0.717) is 5.92 Å². The van der Waals surface area contributed by atoms with Gasteiger partial charge in [-0.15, -0.1) is 0 Å². The third-order valence-electron chi connectivity index (χ3n) is 3.53. The molecule has 0 atom stereocenters. The third kappa shape index (κ3) is 2.90. The van der Waals surface area contributed by atoms with Crippen molar-refractivity contribution in [3.8, 4) is 0 Å². The third-order valence-corrected chi connectivity index (χ3v) is 5.20. The molecule has 2 rings (SSSR count). The molecule has 106 valence electrons. The van der Waals surface area contributed by atoms with Gasteiger partial charge in [-0.3, -0.25) is 0 Å². The van der Waals surface area contributed by atoms with Crippen LogP contribution in [0.4, 0.5) is 10.1 Å². The summed E-state index contributed by atoms with van der Waals surface area (Å²) in [5.74, 6) is -0.430. The molecule has 6 heteroatoms. The highest BCUT2D eigenvalue weighted by atomic mass is 32.2. The van der Waals surface area contributed by atoms with E-state index in [2.05, 4.69) is 4.72 Å². The Balaban J connectivity index is 2.39. The average molecular weight is 286 g/mol. The van der Waals surface area contributed by atoms with Gasteiger partial charge in [0, 0.05) is 11.2 Å². The summed E-state index contributed by atoms with van der Waals surface area (Å²) >= 11 is 0. The fourth-order valence-corrected chi connectivity index (χ4v) is 3.91. The molecule has 0 heterocycles. The molecular weight excluding hydrogens is 267 g/mol. The highest BCUT2D eigenvalue weighted by Crippen LogP contribution is 2.40. The van der Waals surface area contributed by atoms with Crippen LogP contribution in [0.1, 0.15) is 32.3 Å². The zero-order valence-electron chi connectivity index (χ0n) is 11.3. The van der Waals surface area contributed by atoms with Gasteiger partial charge in [0.15, 0.2) is 0 Å². The van der Waals surface area contributed by atoms with E-state index in [4.69, 9.17) is 5.73 Å². The number of halogens is 1. The minimum atomic E-state index is -3.90. The summed E-state index contributed by atoms with van der Waals surface area (Å²) in [7, 11) is -3.90. The van der Waals surface area contributed by atoms with Crippen molar-refractivity contribution in [1.82, 2.24) is 4.72 Å². The van der Waals surface area contributed by atoms with Gasteiger partial charge in [0.05, 0.1) is 0 Å². The second-order valence-corrected chi connectivity index (χ2v) is 7.40. The van der Waals surface area contributed by atoms with Crippen LogP contribution >= 0.6 is 0 Å². The Hall–Kier alpha value is -1.14. The van der Waals surface area contributed by atoms with E-state index in [1.165, 1.54) is 13.0 Å².